The fraction of sp³-hybridized carbons (Fsp3) is 0.355. The van der Waals surface area contributed by atoms with Crippen molar-refractivity contribution in [1.29, 1.82) is 0 Å². The number of ether oxygens (including phenoxy) is 3. The lowest BCUT2D eigenvalue weighted by atomic mass is 9.83. The van der Waals surface area contributed by atoms with E-state index >= 15 is 0 Å². The fourth-order valence-electron chi connectivity index (χ4n) is 5.18. The molecule has 9 atom stereocenters. The monoisotopic (exact) mass is 627 g/mol. The number of pyridine rings is 1. The lowest BCUT2D eigenvalue weighted by Crippen LogP contribution is -2.60. The van der Waals surface area contributed by atoms with Gasteiger partial charge in [-0.15, -0.1) is 6.58 Å². The lowest BCUT2D eigenvalue weighted by molar-refractivity contribution is -0.715. The van der Waals surface area contributed by atoms with Crippen LogP contribution in [0.5, 0.6) is 0 Å². The minimum absolute atomic E-state index is 0.00143. The van der Waals surface area contributed by atoms with Gasteiger partial charge in [-0.2, -0.15) is 4.57 Å². The number of hydrogen-bond donors (Lipinski definition) is 6. The van der Waals surface area contributed by atoms with Gasteiger partial charge in [-0.1, -0.05) is 48.6 Å². The van der Waals surface area contributed by atoms with Crippen LogP contribution in [0.3, 0.4) is 0 Å². The van der Waals surface area contributed by atoms with E-state index < -0.39 is 79.4 Å². The standard InChI is InChI=1S/C31H33NO13/c1-2-19-20(21(28(39)40)15-43-30(19)45-31-26(36)25(35)24(34)23(14-33)44-31)9-8-17-10-18(27(37)38)13-32(12-17)22(29(41)42)11-16-6-4-3-5-7-16/h2-10,12-13,15,19-20,22-26,30-31,33-36H,1,11,14H2,(H2-,37,38,39,40,41,42)/b9-8+/t19-,20+,22-,23-,24-,25+,26-,30+,31+/m1/s1. The lowest BCUT2D eigenvalue weighted by Gasteiger charge is -2.42. The van der Waals surface area contributed by atoms with E-state index in [0.29, 0.717) is 5.56 Å². The van der Waals surface area contributed by atoms with Gasteiger partial charge in [0.1, 0.15) is 35.9 Å². The molecule has 2 aliphatic rings. The highest BCUT2D eigenvalue weighted by Crippen LogP contribution is 2.36. The van der Waals surface area contributed by atoms with Gasteiger partial charge < -0.3 is 54.8 Å². The van der Waals surface area contributed by atoms with Gasteiger partial charge in [0, 0.05) is 17.9 Å². The summed E-state index contributed by atoms with van der Waals surface area (Å²) in [5, 5.41) is 71.8. The number of aliphatic hydroxyl groups excluding tert-OH is 4. The number of benzene rings is 1. The Kier molecular flexibility index (Phi) is 10.8. The first-order valence-electron chi connectivity index (χ1n) is 13.8. The van der Waals surface area contributed by atoms with Crippen LogP contribution in [0.2, 0.25) is 0 Å². The zero-order valence-corrected chi connectivity index (χ0v) is 23.7. The van der Waals surface area contributed by atoms with Crippen LogP contribution >= 0.6 is 0 Å². The number of carboxylic acid groups (broad SMARTS) is 3. The van der Waals surface area contributed by atoms with E-state index in [-0.39, 0.29) is 23.1 Å². The Morgan fingerprint density at radius 2 is 1.73 bits per heavy atom. The molecular formula is C31H33NO13. The van der Waals surface area contributed by atoms with E-state index in [4.69, 9.17) is 14.2 Å². The third-order valence-electron chi connectivity index (χ3n) is 7.61. The van der Waals surface area contributed by atoms with Gasteiger partial charge in [0.2, 0.25) is 12.3 Å². The predicted octanol–water partition coefficient (Wildman–Crippen LogP) is -1.22. The van der Waals surface area contributed by atoms with Crippen molar-refractivity contribution in [1.82, 2.24) is 0 Å². The number of aliphatic hydroxyl groups is 4. The van der Waals surface area contributed by atoms with Gasteiger partial charge in [-0.25, -0.2) is 9.59 Å². The molecule has 14 nitrogen and oxygen atoms in total. The minimum atomic E-state index is -1.75. The summed E-state index contributed by atoms with van der Waals surface area (Å²) in [5.74, 6) is -6.08. The summed E-state index contributed by atoms with van der Waals surface area (Å²) < 4.78 is 17.8. The van der Waals surface area contributed by atoms with Gasteiger partial charge in [0.05, 0.1) is 24.4 Å². The van der Waals surface area contributed by atoms with E-state index in [1.165, 1.54) is 35.1 Å². The minimum Gasteiger partial charge on any atom is -0.543 e. The van der Waals surface area contributed by atoms with Crippen LogP contribution in [-0.2, 0) is 30.2 Å². The summed E-state index contributed by atoms with van der Waals surface area (Å²) in [5.41, 5.74) is 0.430. The van der Waals surface area contributed by atoms with Crippen molar-refractivity contribution in [3.05, 3.63) is 96.0 Å². The number of aromatic carboxylic acids is 1. The predicted molar refractivity (Wildman–Crippen MR) is 149 cm³/mol. The topological polar surface area (TPSA) is 227 Å². The van der Waals surface area contributed by atoms with Crippen molar-refractivity contribution < 1.29 is 68.9 Å². The molecule has 6 N–H and O–H groups in total. The number of nitrogens with zero attached hydrogens (tertiary/aromatic N) is 1. The Morgan fingerprint density at radius 3 is 2.33 bits per heavy atom. The zero-order chi connectivity index (χ0) is 32.8. The molecule has 45 heavy (non-hydrogen) atoms. The maximum atomic E-state index is 12.1. The molecule has 2 aliphatic heterocycles. The van der Waals surface area contributed by atoms with Crippen LogP contribution in [0.1, 0.15) is 27.5 Å². The second-order valence-corrected chi connectivity index (χ2v) is 10.5. The van der Waals surface area contributed by atoms with Gasteiger partial charge in [-0.05, 0) is 11.6 Å². The van der Waals surface area contributed by atoms with E-state index in [9.17, 15) is 50.1 Å². The van der Waals surface area contributed by atoms with E-state index in [0.717, 1.165) is 12.5 Å². The molecule has 0 spiro atoms. The van der Waals surface area contributed by atoms with Gasteiger partial charge in [-0.3, -0.25) is 0 Å². The number of carbonyl (C=O) groups is 3. The average molecular weight is 628 g/mol. The fourth-order valence-corrected chi connectivity index (χ4v) is 5.18. The summed E-state index contributed by atoms with van der Waals surface area (Å²) in [6.45, 7) is 3.04. The Balaban J connectivity index is 1.66. The number of carbonyl (C=O) groups excluding carboxylic acids is 1. The van der Waals surface area contributed by atoms with Crippen LogP contribution in [-0.4, -0.2) is 92.1 Å². The molecule has 0 aliphatic carbocycles. The maximum absolute atomic E-state index is 12.1. The van der Waals surface area contributed by atoms with Gasteiger partial charge in [0.25, 0.3) is 0 Å². The van der Waals surface area contributed by atoms with Gasteiger partial charge >= 0.3 is 11.9 Å². The molecule has 14 heteroatoms. The Bertz CT molecular complexity index is 1460. The highest BCUT2D eigenvalue weighted by molar-refractivity contribution is 5.88. The highest BCUT2D eigenvalue weighted by atomic mass is 16.8. The van der Waals surface area contributed by atoms with Crippen LogP contribution < -0.4 is 9.67 Å². The van der Waals surface area contributed by atoms with Crippen molar-refractivity contribution in [2.24, 2.45) is 11.8 Å². The largest absolute Gasteiger partial charge is 0.543 e. The van der Waals surface area contributed by atoms with Crippen LogP contribution in [0, 0.1) is 11.8 Å². The van der Waals surface area contributed by atoms with Crippen molar-refractivity contribution in [2.75, 3.05) is 6.61 Å². The van der Waals surface area contributed by atoms with E-state index in [2.05, 4.69) is 6.58 Å². The Morgan fingerprint density at radius 1 is 1.02 bits per heavy atom. The molecule has 3 heterocycles. The van der Waals surface area contributed by atoms with Gasteiger partial charge in [0.15, 0.2) is 18.7 Å². The van der Waals surface area contributed by atoms with E-state index in [1.807, 2.05) is 0 Å². The molecule has 1 fully saturated rings. The molecule has 0 amide bonds. The number of aliphatic carboxylic acids is 2. The van der Waals surface area contributed by atoms with E-state index in [1.54, 1.807) is 30.3 Å². The third-order valence-corrected chi connectivity index (χ3v) is 7.61. The first-order chi connectivity index (χ1) is 21.4. The molecule has 0 bridgehead atoms. The number of aromatic nitrogens is 1. The van der Waals surface area contributed by atoms with Crippen LogP contribution in [0.25, 0.3) is 6.08 Å². The van der Waals surface area contributed by atoms with Crippen LogP contribution in [0.4, 0.5) is 0 Å². The first-order valence-corrected chi connectivity index (χ1v) is 13.8. The number of rotatable bonds is 12. The normalized spacial score (nSPS) is 28.9. The smallest absolute Gasteiger partial charge is 0.341 e. The summed E-state index contributed by atoms with van der Waals surface area (Å²) in [4.78, 5) is 36.2. The Labute approximate surface area is 257 Å². The summed E-state index contributed by atoms with van der Waals surface area (Å²) in [6.07, 6.45) is -1.65. The molecule has 1 aromatic heterocycles. The molecule has 0 radical (unpaired) electrons. The van der Waals surface area contributed by atoms with Crippen molar-refractivity contribution in [2.45, 2.75) is 49.5 Å². The molecule has 240 valence electrons. The Hall–Kier alpha value is -4.44. The quantitative estimate of drug-likeness (QED) is 0.120. The maximum Gasteiger partial charge on any atom is 0.341 e. The zero-order valence-electron chi connectivity index (χ0n) is 23.7. The second kappa shape index (κ2) is 14.6. The number of allylic oxidation sites excluding steroid dienone is 1. The summed E-state index contributed by atoms with van der Waals surface area (Å²) >= 11 is 0. The SMILES string of the molecule is C=C[C@H]1[C@H](O[C@@H]2O[C@H](CO)[C@@H](O)[C@H](O)[C@H]2O)OC=C(C(=O)O)[C@H]1/C=C/c1cc(C(=O)O)c[n+]([C@H](Cc2ccccc2)C(=O)[O-])c1. The average Bonchev–Trinajstić information content (AvgIpc) is 3.02. The van der Waals surface area contributed by atoms with Crippen LogP contribution in [0.15, 0.2) is 79.4 Å². The summed E-state index contributed by atoms with van der Waals surface area (Å²) in [6, 6.07) is 8.69. The van der Waals surface area contributed by atoms with Crippen molar-refractivity contribution in [3.63, 3.8) is 0 Å². The summed E-state index contributed by atoms with van der Waals surface area (Å²) in [7, 11) is 0. The number of carboxylic acids is 3. The number of hydrogen-bond acceptors (Lipinski definition) is 11. The first kappa shape index (κ1) is 33.5. The van der Waals surface area contributed by atoms with Crippen molar-refractivity contribution in [3.8, 4) is 0 Å². The van der Waals surface area contributed by atoms with Crippen molar-refractivity contribution >= 4 is 24.0 Å². The molecule has 0 unspecified atom stereocenters. The third kappa shape index (κ3) is 7.62. The molecule has 0 saturated carbocycles. The second-order valence-electron chi connectivity index (χ2n) is 10.5. The molecule has 1 saturated heterocycles. The highest BCUT2D eigenvalue weighted by Gasteiger charge is 2.47. The molecule has 1 aromatic carbocycles. The molecule has 4 rings (SSSR count). The molecule has 2 aromatic rings. The molecular weight excluding hydrogens is 594 g/mol.